The van der Waals surface area contributed by atoms with E-state index in [2.05, 4.69) is 129 Å². The second-order valence-corrected chi connectivity index (χ2v) is 23.5. The number of phosphoric acid groups is 1. The number of unbranched alkanes of at least 4 members (excludes halogenated alkanes) is 25. The van der Waals surface area contributed by atoms with Crippen LogP contribution in [-0.2, 0) is 18.4 Å². The molecular weight excluding hydrogens is 972 g/mol. The van der Waals surface area contributed by atoms with E-state index < -0.39 is 20.0 Å². The molecule has 77 heavy (non-hydrogen) atoms. The van der Waals surface area contributed by atoms with Crippen LogP contribution in [0.5, 0.6) is 0 Å². The van der Waals surface area contributed by atoms with Crippen molar-refractivity contribution in [2.75, 3.05) is 40.9 Å². The van der Waals surface area contributed by atoms with Crippen LogP contribution >= 0.6 is 7.82 Å². The van der Waals surface area contributed by atoms with Crippen LogP contribution in [0.3, 0.4) is 0 Å². The number of nitrogens with zero attached hydrogens (tertiary/aromatic N) is 1. The van der Waals surface area contributed by atoms with Crippen molar-refractivity contribution in [2.45, 2.75) is 264 Å². The Morgan fingerprint density at radius 3 is 1.19 bits per heavy atom. The van der Waals surface area contributed by atoms with Crippen molar-refractivity contribution >= 4 is 13.7 Å². The zero-order valence-corrected chi connectivity index (χ0v) is 51.3. The van der Waals surface area contributed by atoms with E-state index in [-0.39, 0.29) is 19.1 Å². The van der Waals surface area contributed by atoms with E-state index in [0.29, 0.717) is 23.9 Å². The predicted octanol–water partition coefficient (Wildman–Crippen LogP) is 19.7. The van der Waals surface area contributed by atoms with Crippen molar-refractivity contribution in [3.8, 4) is 0 Å². The molecule has 0 spiro atoms. The van der Waals surface area contributed by atoms with Gasteiger partial charge in [0.25, 0.3) is 0 Å². The molecule has 0 bridgehead atoms. The Morgan fingerprint density at radius 2 is 0.792 bits per heavy atom. The quantitative estimate of drug-likeness (QED) is 0.0243. The minimum Gasteiger partial charge on any atom is -0.387 e. The number of hydrogen-bond acceptors (Lipinski definition) is 5. The van der Waals surface area contributed by atoms with Crippen LogP contribution in [0.1, 0.15) is 251 Å². The van der Waals surface area contributed by atoms with Gasteiger partial charge in [-0.05, 0) is 103 Å². The van der Waals surface area contributed by atoms with E-state index >= 15 is 0 Å². The van der Waals surface area contributed by atoms with Crippen LogP contribution in [0.15, 0.2) is 122 Å². The fraction of sp³-hybridized carbons (Fsp3) is 0.691. The molecule has 0 rings (SSSR count). The van der Waals surface area contributed by atoms with Gasteiger partial charge in [0.15, 0.2) is 0 Å². The first-order chi connectivity index (χ1) is 37.5. The van der Waals surface area contributed by atoms with Gasteiger partial charge in [-0.25, -0.2) is 4.57 Å². The lowest BCUT2D eigenvalue weighted by Crippen LogP contribution is -2.45. The van der Waals surface area contributed by atoms with Gasteiger partial charge < -0.3 is 19.8 Å². The van der Waals surface area contributed by atoms with Crippen molar-refractivity contribution in [3.05, 3.63) is 122 Å². The molecule has 0 heterocycles. The summed E-state index contributed by atoms with van der Waals surface area (Å²) < 4.78 is 23.7. The first kappa shape index (κ1) is 73.9. The number of phosphoric ester groups is 1. The van der Waals surface area contributed by atoms with Crippen molar-refractivity contribution in [2.24, 2.45) is 0 Å². The van der Waals surface area contributed by atoms with Gasteiger partial charge in [-0.15, -0.1) is 0 Å². The second-order valence-electron chi connectivity index (χ2n) is 22.0. The van der Waals surface area contributed by atoms with Crippen LogP contribution < -0.4 is 5.32 Å². The molecule has 0 aromatic carbocycles. The summed E-state index contributed by atoms with van der Waals surface area (Å²) in [6.07, 6.45) is 86.2. The summed E-state index contributed by atoms with van der Waals surface area (Å²) in [6, 6.07) is -0.899. The molecule has 3 unspecified atom stereocenters. The van der Waals surface area contributed by atoms with Gasteiger partial charge in [0, 0.05) is 6.42 Å². The van der Waals surface area contributed by atoms with Gasteiger partial charge in [0.2, 0.25) is 5.91 Å². The number of amides is 1. The summed E-state index contributed by atoms with van der Waals surface area (Å²) in [5.41, 5.74) is 0. The van der Waals surface area contributed by atoms with Crippen LogP contribution in [0.2, 0.25) is 0 Å². The first-order valence-corrected chi connectivity index (χ1v) is 32.9. The maximum Gasteiger partial charge on any atom is 0.472 e. The van der Waals surface area contributed by atoms with Gasteiger partial charge >= 0.3 is 7.82 Å². The lowest BCUT2D eigenvalue weighted by Gasteiger charge is -2.25. The average Bonchev–Trinajstić information content (AvgIpc) is 3.39. The highest BCUT2D eigenvalue weighted by Crippen LogP contribution is 2.43. The van der Waals surface area contributed by atoms with Crippen LogP contribution in [0, 0.1) is 0 Å². The van der Waals surface area contributed by atoms with Crippen LogP contribution in [0.25, 0.3) is 0 Å². The number of carbonyl (C=O) groups is 1. The topological polar surface area (TPSA) is 105 Å². The van der Waals surface area contributed by atoms with E-state index in [9.17, 15) is 19.4 Å². The number of aliphatic hydroxyl groups excluding tert-OH is 1. The van der Waals surface area contributed by atoms with Crippen molar-refractivity contribution in [1.82, 2.24) is 5.32 Å². The summed E-state index contributed by atoms with van der Waals surface area (Å²) in [5, 5.41) is 13.9. The highest BCUT2D eigenvalue weighted by molar-refractivity contribution is 7.47. The molecule has 1 amide bonds. The molecule has 8 nitrogen and oxygen atoms in total. The minimum atomic E-state index is -4.38. The van der Waals surface area contributed by atoms with E-state index in [0.717, 1.165) is 89.9 Å². The molecule has 3 N–H and O–H groups in total. The Kier molecular flexibility index (Phi) is 55.3. The second kappa shape index (κ2) is 57.6. The van der Waals surface area contributed by atoms with Crippen LogP contribution in [0.4, 0.5) is 0 Å². The molecule has 442 valence electrons. The minimum absolute atomic E-state index is 0.0396. The first-order valence-electron chi connectivity index (χ1n) is 31.4. The molecule has 0 saturated heterocycles. The Balaban J connectivity index is 4.32. The highest BCUT2D eigenvalue weighted by Gasteiger charge is 2.27. The number of nitrogens with one attached hydrogen (secondary N) is 1. The molecule has 0 aromatic rings. The Morgan fingerprint density at radius 1 is 0.455 bits per heavy atom. The van der Waals surface area contributed by atoms with Crippen molar-refractivity contribution in [1.29, 1.82) is 0 Å². The molecule has 9 heteroatoms. The number of aliphatic hydroxyl groups is 1. The molecule has 0 radical (unpaired) electrons. The zero-order chi connectivity index (χ0) is 56.3. The van der Waals surface area contributed by atoms with Crippen LogP contribution in [-0.4, -0.2) is 73.4 Å². The van der Waals surface area contributed by atoms with Gasteiger partial charge in [-0.2, -0.15) is 0 Å². The standard InChI is InChI=1S/C68H119N2O6P/c1-6-8-10-12-14-16-18-20-22-24-26-28-30-32-33-34-35-36-38-39-41-43-45-47-49-51-53-55-57-59-61-67(71)66(65-76-77(73,74)75-64-63-70(3,4)5)69-68(72)62-60-58-56-54-52-50-48-46-44-42-40-37-31-29-27-25-23-21-19-17-15-13-11-9-7-2/h9,11,15,17,21,23,27,29,37,40,43-46,50-53,59,61,66-67,71H,6-8,10,12-14,16,18-20,22,24-26,28,30-36,38-39,41-42,47-49,54-58,60,62-65H2,1-5H3,(H-,69,72,73,74)/p+1/b11-9-,17-15-,23-21-,29-27-,40-37-,45-43+,46-44-,52-50-,53-51+,61-59+. The highest BCUT2D eigenvalue weighted by atomic mass is 31.2. The SMILES string of the molecule is CC/C=C\C/C=C\C/C=C\C/C=C\C/C=C\C/C=C\C/C=C\CCCCCC(=O)NC(COP(=O)(O)OCC[N+](C)(C)C)C(O)/C=C/CC/C=C/CC/C=C/CCCCCCCCCCCCCCCCCCCCCC. The molecule has 0 saturated carbocycles. The van der Waals surface area contributed by atoms with Gasteiger partial charge in [-0.1, -0.05) is 264 Å². The number of allylic oxidation sites excluding steroid dienone is 19. The van der Waals surface area contributed by atoms with E-state index in [1.807, 2.05) is 27.2 Å². The third kappa shape index (κ3) is 60.4. The number of quaternary nitrogens is 1. The monoisotopic (exact) mass is 1090 g/mol. The average molecular weight is 1090 g/mol. The zero-order valence-electron chi connectivity index (χ0n) is 50.4. The van der Waals surface area contributed by atoms with E-state index in [1.165, 1.54) is 135 Å². The lowest BCUT2D eigenvalue weighted by molar-refractivity contribution is -0.870. The smallest absolute Gasteiger partial charge is 0.387 e. The summed E-state index contributed by atoms with van der Waals surface area (Å²) in [7, 11) is 1.51. The summed E-state index contributed by atoms with van der Waals surface area (Å²) in [6.45, 7) is 4.65. The normalized spacial score (nSPS) is 14.6. The predicted molar refractivity (Wildman–Crippen MR) is 336 cm³/mol. The Hall–Kier alpha value is -3.10. The largest absolute Gasteiger partial charge is 0.472 e. The van der Waals surface area contributed by atoms with E-state index in [4.69, 9.17) is 9.05 Å². The molecule has 3 atom stereocenters. The third-order valence-corrected chi connectivity index (χ3v) is 14.4. The lowest BCUT2D eigenvalue weighted by atomic mass is 10.0. The fourth-order valence-corrected chi connectivity index (χ4v) is 9.26. The molecule has 0 aliphatic rings. The Labute approximate surface area is 475 Å². The van der Waals surface area contributed by atoms with Gasteiger partial charge in [0.1, 0.15) is 13.2 Å². The molecule has 0 aromatic heterocycles. The number of likely N-dealkylation sites (N-methyl/N-ethyl adjacent to an activating group) is 1. The molecule has 0 aliphatic carbocycles. The third-order valence-electron chi connectivity index (χ3n) is 13.4. The van der Waals surface area contributed by atoms with Gasteiger partial charge in [0.05, 0.1) is 39.9 Å². The van der Waals surface area contributed by atoms with E-state index in [1.54, 1.807) is 6.08 Å². The van der Waals surface area contributed by atoms with Crippen molar-refractivity contribution in [3.63, 3.8) is 0 Å². The summed E-state index contributed by atoms with van der Waals surface area (Å²) in [5.74, 6) is -0.226. The maximum absolute atomic E-state index is 13.0. The molecule has 0 aliphatic heterocycles. The summed E-state index contributed by atoms with van der Waals surface area (Å²) in [4.78, 5) is 23.3. The number of hydrogen-bond donors (Lipinski definition) is 3. The maximum atomic E-state index is 13.0. The molecular formula is C68H120N2O6P+. The fourth-order valence-electron chi connectivity index (χ4n) is 8.53. The van der Waals surface area contributed by atoms with Crippen molar-refractivity contribution < 1.29 is 32.9 Å². The number of carbonyl (C=O) groups excluding carboxylic acids is 1. The van der Waals surface area contributed by atoms with Gasteiger partial charge in [-0.3, -0.25) is 13.8 Å². The summed E-state index contributed by atoms with van der Waals surface area (Å²) >= 11 is 0. The molecule has 0 fully saturated rings. The Bertz CT molecular complexity index is 1670. The number of rotatable bonds is 56.